The number of hydrogen-bond donors (Lipinski definition) is 2. The molecule has 0 heterocycles. The summed E-state index contributed by atoms with van der Waals surface area (Å²) in [5.74, 6) is 0.621. The Hall–Kier alpha value is -0.680. The lowest BCUT2D eigenvalue weighted by molar-refractivity contribution is -0.121. The highest BCUT2D eigenvalue weighted by atomic mass is 35.5. The van der Waals surface area contributed by atoms with Crippen molar-refractivity contribution in [2.75, 3.05) is 19.7 Å². The number of nitrogens with two attached hydrogens (primary N) is 1. The molecule has 1 aromatic rings. The first kappa shape index (κ1) is 19.3. The molecule has 1 rings (SSSR count). The number of hydrogen-bond acceptors (Lipinski definition) is 3. The van der Waals surface area contributed by atoms with Gasteiger partial charge in [-0.15, -0.1) is 12.4 Å². The molecule has 0 spiro atoms. The van der Waals surface area contributed by atoms with Crippen LogP contribution in [-0.4, -0.2) is 25.6 Å². The second-order valence-corrected chi connectivity index (χ2v) is 4.86. The van der Waals surface area contributed by atoms with E-state index in [4.69, 9.17) is 33.7 Å². The number of carbonyl (C=O) groups excluding carboxylic acids is 1. The Morgan fingerprint density at radius 2 is 2.05 bits per heavy atom. The van der Waals surface area contributed by atoms with Crippen molar-refractivity contribution in [3.63, 3.8) is 0 Å². The molecule has 0 aliphatic carbocycles. The molecule has 4 nitrogen and oxygen atoms in total. The standard InChI is InChI=1S/C13H18Cl2N2O2.ClH/c14-10-4-5-12(11(15)9-10)19-8-2-7-17-13(18)3-1-6-16;/h4-5,9H,1-3,6-8,16H2,(H,17,18);1H. The molecule has 114 valence electrons. The summed E-state index contributed by atoms with van der Waals surface area (Å²) in [4.78, 5) is 11.3. The number of nitrogens with one attached hydrogen (secondary N) is 1. The largest absolute Gasteiger partial charge is 0.492 e. The second kappa shape index (κ2) is 11.0. The van der Waals surface area contributed by atoms with Gasteiger partial charge in [0, 0.05) is 18.0 Å². The van der Waals surface area contributed by atoms with Gasteiger partial charge in [0.05, 0.1) is 11.6 Å². The lowest BCUT2D eigenvalue weighted by atomic mass is 10.3. The van der Waals surface area contributed by atoms with Crippen molar-refractivity contribution in [3.8, 4) is 5.75 Å². The van der Waals surface area contributed by atoms with E-state index in [1.165, 1.54) is 0 Å². The van der Waals surface area contributed by atoms with E-state index in [0.717, 1.165) is 0 Å². The zero-order valence-corrected chi connectivity index (χ0v) is 13.4. The molecule has 1 aromatic carbocycles. The predicted molar refractivity (Wildman–Crippen MR) is 85.1 cm³/mol. The lowest BCUT2D eigenvalue weighted by Crippen LogP contribution is -2.25. The Morgan fingerprint density at radius 3 is 2.70 bits per heavy atom. The highest BCUT2D eigenvalue weighted by Crippen LogP contribution is 2.27. The van der Waals surface area contributed by atoms with Crippen molar-refractivity contribution in [3.05, 3.63) is 28.2 Å². The van der Waals surface area contributed by atoms with Gasteiger partial charge < -0.3 is 15.8 Å². The van der Waals surface area contributed by atoms with Crippen LogP contribution in [0.3, 0.4) is 0 Å². The molecule has 0 saturated carbocycles. The number of carbonyl (C=O) groups is 1. The molecule has 0 atom stereocenters. The van der Waals surface area contributed by atoms with Gasteiger partial charge in [0.15, 0.2) is 0 Å². The summed E-state index contributed by atoms with van der Waals surface area (Å²) in [6.07, 6.45) is 1.90. The van der Waals surface area contributed by atoms with Crippen molar-refractivity contribution in [2.45, 2.75) is 19.3 Å². The van der Waals surface area contributed by atoms with Gasteiger partial charge in [0.1, 0.15) is 5.75 Å². The fourth-order valence-electron chi connectivity index (χ4n) is 1.43. The first-order chi connectivity index (χ1) is 9.13. The third-order valence-corrected chi connectivity index (χ3v) is 2.93. The van der Waals surface area contributed by atoms with Crippen LogP contribution in [0.15, 0.2) is 18.2 Å². The average molecular weight is 342 g/mol. The summed E-state index contributed by atoms with van der Waals surface area (Å²) in [6, 6.07) is 5.08. The van der Waals surface area contributed by atoms with E-state index in [1.807, 2.05) is 0 Å². The third kappa shape index (κ3) is 7.80. The second-order valence-electron chi connectivity index (χ2n) is 4.02. The van der Waals surface area contributed by atoms with Gasteiger partial charge in [-0.1, -0.05) is 23.2 Å². The number of benzene rings is 1. The van der Waals surface area contributed by atoms with E-state index in [0.29, 0.717) is 54.8 Å². The molecule has 0 aliphatic heterocycles. The first-order valence-corrected chi connectivity index (χ1v) is 6.93. The molecule has 0 unspecified atom stereocenters. The summed E-state index contributed by atoms with van der Waals surface area (Å²) in [6.45, 7) is 1.60. The molecule has 7 heteroatoms. The minimum absolute atomic E-state index is 0. The quantitative estimate of drug-likeness (QED) is 0.714. The maximum absolute atomic E-state index is 11.3. The van der Waals surface area contributed by atoms with Crippen LogP contribution in [0.4, 0.5) is 0 Å². The third-order valence-electron chi connectivity index (χ3n) is 2.40. The molecule has 0 fully saturated rings. The highest BCUT2D eigenvalue weighted by molar-refractivity contribution is 6.35. The predicted octanol–water partition coefficient (Wildman–Crippen LogP) is 3.04. The Kier molecular flexibility index (Phi) is 10.7. The molecular weight excluding hydrogens is 323 g/mol. The zero-order chi connectivity index (χ0) is 14.1. The van der Waals surface area contributed by atoms with Gasteiger partial charge in [-0.3, -0.25) is 4.79 Å². The van der Waals surface area contributed by atoms with E-state index in [9.17, 15) is 4.79 Å². The van der Waals surface area contributed by atoms with Crippen LogP contribution in [-0.2, 0) is 4.79 Å². The van der Waals surface area contributed by atoms with E-state index >= 15 is 0 Å². The van der Waals surface area contributed by atoms with Gasteiger partial charge in [-0.25, -0.2) is 0 Å². The summed E-state index contributed by atoms with van der Waals surface area (Å²) in [7, 11) is 0. The van der Waals surface area contributed by atoms with Gasteiger partial charge in [0.25, 0.3) is 0 Å². The molecule has 0 saturated heterocycles. The SMILES string of the molecule is Cl.NCCCC(=O)NCCCOc1ccc(Cl)cc1Cl. The Bertz CT molecular complexity index is 417. The summed E-state index contributed by atoms with van der Waals surface area (Å²) >= 11 is 11.7. The first-order valence-electron chi connectivity index (χ1n) is 6.18. The highest BCUT2D eigenvalue weighted by Gasteiger charge is 2.03. The minimum Gasteiger partial charge on any atom is -0.492 e. The van der Waals surface area contributed by atoms with Crippen LogP contribution in [0.2, 0.25) is 10.0 Å². The number of amides is 1. The zero-order valence-electron chi connectivity index (χ0n) is 11.0. The van der Waals surface area contributed by atoms with Crippen molar-refractivity contribution in [1.29, 1.82) is 0 Å². The van der Waals surface area contributed by atoms with Crippen LogP contribution >= 0.6 is 35.6 Å². The number of rotatable bonds is 8. The van der Waals surface area contributed by atoms with Gasteiger partial charge in [-0.05, 0) is 37.6 Å². The van der Waals surface area contributed by atoms with Crippen LogP contribution in [0.1, 0.15) is 19.3 Å². The monoisotopic (exact) mass is 340 g/mol. The van der Waals surface area contributed by atoms with Gasteiger partial charge in [0.2, 0.25) is 5.91 Å². The fourth-order valence-corrected chi connectivity index (χ4v) is 1.89. The molecule has 20 heavy (non-hydrogen) atoms. The summed E-state index contributed by atoms with van der Waals surface area (Å²) in [5, 5.41) is 3.86. The molecule has 0 aliphatic rings. The van der Waals surface area contributed by atoms with Crippen molar-refractivity contribution >= 4 is 41.5 Å². The van der Waals surface area contributed by atoms with E-state index < -0.39 is 0 Å². The van der Waals surface area contributed by atoms with Crippen LogP contribution in [0.25, 0.3) is 0 Å². The lowest BCUT2D eigenvalue weighted by Gasteiger charge is -2.09. The van der Waals surface area contributed by atoms with Crippen LogP contribution in [0.5, 0.6) is 5.75 Å². The van der Waals surface area contributed by atoms with Gasteiger partial charge >= 0.3 is 0 Å². The Labute approximate surface area is 135 Å². The topological polar surface area (TPSA) is 64.4 Å². The van der Waals surface area contributed by atoms with E-state index in [1.54, 1.807) is 18.2 Å². The van der Waals surface area contributed by atoms with Crippen molar-refractivity contribution in [2.24, 2.45) is 5.73 Å². The molecule has 0 aromatic heterocycles. The summed E-state index contributed by atoms with van der Waals surface area (Å²) in [5.41, 5.74) is 5.32. The van der Waals surface area contributed by atoms with E-state index in [-0.39, 0.29) is 18.3 Å². The Balaban J connectivity index is 0.00000361. The van der Waals surface area contributed by atoms with E-state index in [2.05, 4.69) is 5.32 Å². The van der Waals surface area contributed by atoms with Crippen LogP contribution in [0, 0.1) is 0 Å². The fraction of sp³-hybridized carbons (Fsp3) is 0.462. The molecule has 0 bridgehead atoms. The smallest absolute Gasteiger partial charge is 0.220 e. The van der Waals surface area contributed by atoms with Crippen molar-refractivity contribution < 1.29 is 9.53 Å². The number of halogens is 3. The molecular formula is C13H19Cl3N2O2. The molecule has 0 radical (unpaired) electrons. The Morgan fingerprint density at radius 1 is 1.30 bits per heavy atom. The average Bonchev–Trinajstić information content (AvgIpc) is 2.38. The van der Waals surface area contributed by atoms with Gasteiger partial charge in [-0.2, -0.15) is 0 Å². The molecule has 3 N–H and O–H groups in total. The van der Waals surface area contributed by atoms with Crippen LogP contribution < -0.4 is 15.8 Å². The van der Waals surface area contributed by atoms with Crippen molar-refractivity contribution in [1.82, 2.24) is 5.32 Å². The summed E-state index contributed by atoms with van der Waals surface area (Å²) < 4.78 is 5.49. The normalized spacial score (nSPS) is 9.75. The maximum atomic E-state index is 11.3. The molecule has 1 amide bonds. The maximum Gasteiger partial charge on any atom is 0.220 e. The minimum atomic E-state index is 0. The number of ether oxygens (including phenoxy) is 1.